The first-order chi connectivity index (χ1) is 22.1. The zero-order chi connectivity index (χ0) is 29.9. The van der Waals surface area contributed by atoms with Gasteiger partial charge >= 0.3 is 0 Å². The molecule has 0 radical (unpaired) electrons. The second-order valence-corrected chi connectivity index (χ2v) is 16.5. The maximum absolute atomic E-state index is 2.84. The highest BCUT2D eigenvalue weighted by Gasteiger charge is 2.43. The number of rotatable bonds is 4. The molecule has 0 atom stereocenters. The largest absolute Gasteiger partial charge is 0.315 e. The van der Waals surface area contributed by atoms with Crippen molar-refractivity contribution in [2.75, 3.05) is 0 Å². The molecule has 0 fully saturated rings. The lowest BCUT2D eigenvalue weighted by molar-refractivity contribution is 1.28. The van der Waals surface area contributed by atoms with Crippen LogP contribution in [0.4, 0.5) is 0 Å². The van der Waals surface area contributed by atoms with Gasteiger partial charge in [-0.05, 0) is 57.9 Å². The number of fused-ring (bicyclic) bond motifs is 6. The third-order valence-electron chi connectivity index (χ3n) is 10.4. The minimum Gasteiger partial charge on any atom is -0.315 e. The lowest BCUT2D eigenvalue weighted by atomic mass is 10.1. The van der Waals surface area contributed by atoms with Crippen LogP contribution in [-0.4, -0.2) is 16.9 Å². The summed E-state index contributed by atoms with van der Waals surface area (Å²) in [6, 6.07) is 50.7. The Balaban J connectivity index is 1.43. The van der Waals surface area contributed by atoms with Crippen LogP contribution < -0.4 is 20.7 Å². The molecule has 0 N–H and O–H groups in total. The van der Waals surface area contributed by atoms with Gasteiger partial charge in [0.05, 0.1) is 22.1 Å². The van der Waals surface area contributed by atoms with Crippen LogP contribution in [0.15, 0.2) is 146 Å². The fraction of sp³-hybridized carbons (Fsp3) is 0.0476. The van der Waals surface area contributed by atoms with E-state index in [1.165, 1.54) is 86.3 Å². The standard InChI is InChI=1S/C42H30N2Si/c1-27-25-43-39-19-11-9-17-33(39)37-23-31(21-35(27)41(37)43)45(29-13-5-3-6-14-29,30-15-7-4-8-16-30)32-22-36-28(2)26-44-40-20-12-10-18-34(40)38(24-32)42(36)44/h3-26H,1-2H3. The van der Waals surface area contributed by atoms with Crippen LogP contribution in [-0.2, 0) is 0 Å². The van der Waals surface area contributed by atoms with E-state index >= 15 is 0 Å². The number of hydrogen-bond donors (Lipinski definition) is 0. The average molecular weight is 591 g/mol. The Morgan fingerprint density at radius 2 is 0.756 bits per heavy atom. The maximum Gasteiger partial charge on any atom is 0.179 e. The summed E-state index contributed by atoms with van der Waals surface area (Å²) in [7, 11) is -2.84. The Morgan fingerprint density at radius 1 is 0.378 bits per heavy atom. The van der Waals surface area contributed by atoms with Crippen molar-refractivity contribution in [2.24, 2.45) is 0 Å². The molecule has 0 aliphatic rings. The normalized spacial score (nSPS) is 12.7. The molecule has 0 aliphatic heterocycles. The van der Waals surface area contributed by atoms with E-state index in [1.54, 1.807) is 0 Å². The van der Waals surface area contributed by atoms with E-state index in [0.29, 0.717) is 0 Å². The van der Waals surface area contributed by atoms with Gasteiger partial charge < -0.3 is 8.80 Å². The topological polar surface area (TPSA) is 8.82 Å². The number of aromatic nitrogens is 2. The third kappa shape index (κ3) is 3.13. The van der Waals surface area contributed by atoms with Crippen molar-refractivity contribution in [2.45, 2.75) is 13.8 Å². The molecule has 10 aromatic rings. The monoisotopic (exact) mass is 590 g/mol. The van der Waals surface area contributed by atoms with Gasteiger partial charge in [-0.15, -0.1) is 0 Å². The van der Waals surface area contributed by atoms with Gasteiger partial charge in [0.2, 0.25) is 0 Å². The van der Waals surface area contributed by atoms with Crippen LogP contribution in [0.1, 0.15) is 11.1 Å². The predicted octanol–water partition coefficient (Wildman–Crippen LogP) is 7.67. The molecule has 45 heavy (non-hydrogen) atoms. The van der Waals surface area contributed by atoms with Crippen molar-refractivity contribution < 1.29 is 0 Å². The van der Waals surface area contributed by atoms with Crippen LogP contribution in [0, 0.1) is 13.8 Å². The summed E-state index contributed by atoms with van der Waals surface area (Å²) in [6.45, 7) is 4.54. The van der Waals surface area contributed by atoms with Gasteiger partial charge in [0.25, 0.3) is 0 Å². The number of benzene rings is 6. The quantitative estimate of drug-likeness (QED) is 0.147. The van der Waals surface area contributed by atoms with Crippen molar-refractivity contribution in [3.63, 3.8) is 0 Å². The molecule has 0 saturated heterocycles. The van der Waals surface area contributed by atoms with Crippen molar-refractivity contribution in [1.82, 2.24) is 8.80 Å². The summed E-state index contributed by atoms with van der Waals surface area (Å²) in [5.74, 6) is 0. The van der Waals surface area contributed by atoms with Gasteiger partial charge in [-0.3, -0.25) is 0 Å². The van der Waals surface area contributed by atoms with Crippen LogP contribution in [0.25, 0.3) is 54.4 Å². The third-order valence-corrected chi connectivity index (χ3v) is 15.1. The SMILES string of the molecule is Cc1cn2c3ccccc3c3cc([Si](c4ccccc4)(c4ccccc4)c4cc5c(C)cn6c7ccccc7c(c4)c56)cc1c32. The molecule has 0 spiro atoms. The molecule has 0 saturated carbocycles. The van der Waals surface area contributed by atoms with E-state index in [4.69, 9.17) is 0 Å². The molecule has 0 amide bonds. The second-order valence-electron chi connectivity index (χ2n) is 12.7. The summed E-state index contributed by atoms with van der Waals surface area (Å²) < 4.78 is 4.81. The zero-order valence-electron chi connectivity index (χ0n) is 25.3. The summed E-state index contributed by atoms with van der Waals surface area (Å²) >= 11 is 0. The molecule has 2 nitrogen and oxygen atoms in total. The molecule has 6 aromatic carbocycles. The van der Waals surface area contributed by atoms with Crippen LogP contribution in [0.2, 0.25) is 0 Å². The molecule has 0 unspecified atom stereocenters. The van der Waals surface area contributed by atoms with Gasteiger partial charge in [-0.1, -0.05) is 121 Å². The Bertz CT molecular complexity index is 2520. The van der Waals surface area contributed by atoms with E-state index in [-0.39, 0.29) is 0 Å². The Hall–Kier alpha value is -5.38. The highest BCUT2D eigenvalue weighted by atomic mass is 28.3. The Kier molecular flexibility index (Phi) is 4.91. The number of aryl methyl sites for hydroxylation is 2. The zero-order valence-corrected chi connectivity index (χ0v) is 26.3. The van der Waals surface area contributed by atoms with E-state index in [0.717, 1.165) is 0 Å². The van der Waals surface area contributed by atoms with E-state index in [1.807, 2.05) is 0 Å². The molecular weight excluding hydrogens is 561 g/mol. The van der Waals surface area contributed by atoms with E-state index < -0.39 is 8.07 Å². The maximum atomic E-state index is 2.55. The number of hydrogen-bond acceptors (Lipinski definition) is 0. The average Bonchev–Trinajstić information content (AvgIpc) is 3.80. The van der Waals surface area contributed by atoms with Gasteiger partial charge in [-0.25, -0.2) is 0 Å². The highest BCUT2D eigenvalue weighted by molar-refractivity contribution is 7.20. The van der Waals surface area contributed by atoms with Crippen LogP contribution in [0.3, 0.4) is 0 Å². The molecule has 212 valence electrons. The molecule has 3 heteroatoms. The lowest BCUT2D eigenvalue weighted by Crippen LogP contribution is -2.74. The minimum absolute atomic E-state index is 1.28. The molecule has 4 heterocycles. The molecular formula is C42H30N2Si. The number of para-hydroxylation sites is 2. The van der Waals surface area contributed by atoms with Gasteiger partial charge in [-0.2, -0.15) is 0 Å². The minimum atomic E-state index is -2.84. The second kappa shape index (κ2) is 8.84. The highest BCUT2D eigenvalue weighted by Crippen LogP contribution is 2.37. The van der Waals surface area contributed by atoms with E-state index in [2.05, 4.69) is 169 Å². The van der Waals surface area contributed by atoms with Gasteiger partial charge in [0.15, 0.2) is 8.07 Å². The Morgan fingerprint density at radius 3 is 1.20 bits per heavy atom. The first kappa shape index (κ1) is 25.0. The van der Waals surface area contributed by atoms with E-state index in [9.17, 15) is 0 Å². The van der Waals surface area contributed by atoms with Crippen LogP contribution in [0.5, 0.6) is 0 Å². The summed E-state index contributed by atoms with van der Waals surface area (Å²) in [5, 5.41) is 13.7. The molecule has 4 aromatic heterocycles. The predicted molar refractivity (Wildman–Crippen MR) is 194 cm³/mol. The molecule has 0 bridgehead atoms. The summed E-state index contributed by atoms with van der Waals surface area (Å²) in [5.41, 5.74) is 7.86. The molecule has 10 rings (SSSR count). The van der Waals surface area contributed by atoms with Crippen molar-refractivity contribution >= 4 is 83.2 Å². The lowest BCUT2D eigenvalue weighted by Gasteiger charge is -2.35. The summed E-state index contributed by atoms with van der Waals surface area (Å²) in [6.07, 6.45) is 4.65. The first-order valence-corrected chi connectivity index (χ1v) is 17.8. The molecule has 0 aliphatic carbocycles. The number of nitrogens with zero attached hydrogens (tertiary/aromatic N) is 2. The van der Waals surface area contributed by atoms with Crippen molar-refractivity contribution in [3.8, 4) is 0 Å². The Labute approximate surface area is 262 Å². The first-order valence-electron chi connectivity index (χ1n) is 15.8. The fourth-order valence-electron chi connectivity index (χ4n) is 8.47. The van der Waals surface area contributed by atoms with Crippen molar-refractivity contribution in [3.05, 3.63) is 157 Å². The van der Waals surface area contributed by atoms with Crippen LogP contribution >= 0.6 is 0 Å². The fourth-order valence-corrected chi connectivity index (χ4v) is 13.3. The summed E-state index contributed by atoms with van der Waals surface area (Å²) in [4.78, 5) is 0. The van der Waals surface area contributed by atoms with Crippen molar-refractivity contribution in [1.29, 1.82) is 0 Å². The smallest absolute Gasteiger partial charge is 0.179 e. The van der Waals surface area contributed by atoms with Gasteiger partial charge in [0.1, 0.15) is 0 Å². The van der Waals surface area contributed by atoms with Gasteiger partial charge in [0, 0.05) is 44.7 Å².